The Morgan fingerprint density at radius 1 is 0.958 bits per heavy atom. The first-order chi connectivity index (χ1) is 11.5. The molecule has 0 N–H and O–H groups in total. The van der Waals surface area contributed by atoms with Gasteiger partial charge in [-0.05, 0) is 30.9 Å². The molecule has 2 fully saturated rings. The molecule has 0 saturated carbocycles. The molecule has 132 valence electrons. The van der Waals surface area contributed by atoms with Gasteiger partial charge in [0.25, 0.3) is 0 Å². The number of nitrogens with zero attached hydrogens (tertiary/aromatic N) is 5. The van der Waals surface area contributed by atoms with E-state index >= 15 is 0 Å². The van der Waals surface area contributed by atoms with Crippen LogP contribution in [0.3, 0.4) is 0 Å². The lowest BCUT2D eigenvalue weighted by atomic mass is 9.99. The summed E-state index contributed by atoms with van der Waals surface area (Å²) in [6.07, 6.45) is 2.46. The van der Waals surface area contributed by atoms with Crippen molar-refractivity contribution in [1.82, 2.24) is 15.1 Å². The molecule has 0 radical (unpaired) electrons. The third kappa shape index (κ3) is 3.79. The van der Waals surface area contributed by atoms with Crippen LogP contribution in [0.15, 0.2) is 12.1 Å². The highest BCUT2D eigenvalue weighted by atomic mass is 16.2. The Morgan fingerprint density at radius 3 is 1.92 bits per heavy atom. The highest BCUT2D eigenvalue weighted by Crippen LogP contribution is 2.22. The molecule has 6 heteroatoms. The van der Waals surface area contributed by atoms with Crippen molar-refractivity contribution in [2.45, 2.75) is 33.6 Å². The van der Waals surface area contributed by atoms with Crippen molar-refractivity contribution in [3.05, 3.63) is 12.1 Å². The smallest absolute Gasteiger partial charge is 0.225 e. The second kappa shape index (κ2) is 7.36. The van der Waals surface area contributed by atoms with Crippen molar-refractivity contribution >= 4 is 17.5 Å². The molecule has 0 aromatic carbocycles. The molecular formula is C18H29N5O. The minimum absolute atomic E-state index is 0.0721. The fourth-order valence-corrected chi connectivity index (χ4v) is 3.41. The third-order valence-electron chi connectivity index (χ3n) is 5.15. The summed E-state index contributed by atoms with van der Waals surface area (Å²) in [6, 6.07) is 4.16. The Labute approximate surface area is 144 Å². The van der Waals surface area contributed by atoms with Gasteiger partial charge in [-0.1, -0.05) is 20.8 Å². The minimum Gasteiger partial charge on any atom is -0.355 e. The van der Waals surface area contributed by atoms with E-state index in [1.54, 1.807) is 0 Å². The van der Waals surface area contributed by atoms with Gasteiger partial charge in [0.15, 0.2) is 11.6 Å². The molecule has 2 saturated heterocycles. The van der Waals surface area contributed by atoms with Crippen molar-refractivity contribution in [3.63, 3.8) is 0 Å². The van der Waals surface area contributed by atoms with Gasteiger partial charge in [-0.2, -0.15) is 0 Å². The number of hydrogen-bond donors (Lipinski definition) is 0. The van der Waals surface area contributed by atoms with Gasteiger partial charge in [0.05, 0.1) is 0 Å². The maximum Gasteiger partial charge on any atom is 0.225 e. The van der Waals surface area contributed by atoms with Crippen molar-refractivity contribution in [3.8, 4) is 0 Å². The lowest BCUT2D eigenvalue weighted by Crippen LogP contribution is -2.50. The van der Waals surface area contributed by atoms with Crippen molar-refractivity contribution in [2.75, 3.05) is 49.1 Å². The molecule has 1 amide bonds. The Balaban J connectivity index is 1.56. The molecule has 0 atom stereocenters. The van der Waals surface area contributed by atoms with E-state index in [4.69, 9.17) is 0 Å². The molecule has 0 spiro atoms. The molecule has 1 aromatic heterocycles. The number of rotatable bonds is 3. The number of anilines is 2. The summed E-state index contributed by atoms with van der Waals surface area (Å²) in [5, 5.41) is 8.87. The first-order valence-electron chi connectivity index (χ1n) is 9.17. The van der Waals surface area contributed by atoms with Gasteiger partial charge in [0, 0.05) is 45.2 Å². The van der Waals surface area contributed by atoms with Gasteiger partial charge in [-0.3, -0.25) is 4.79 Å². The monoisotopic (exact) mass is 331 g/mol. The van der Waals surface area contributed by atoms with Crippen molar-refractivity contribution in [2.24, 2.45) is 11.8 Å². The van der Waals surface area contributed by atoms with Gasteiger partial charge < -0.3 is 14.7 Å². The van der Waals surface area contributed by atoms with Crippen LogP contribution in [-0.2, 0) is 4.79 Å². The average Bonchev–Trinajstić information content (AvgIpc) is 2.62. The maximum atomic E-state index is 12.1. The van der Waals surface area contributed by atoms with E-state index in [1.165, 1.54) is 12.8 Å². The quantitative estimate of drug-likeness (QED) is 0.848. The second-order valence-electron chi connectivity index (χ2n) is 7.39. The van der Waals surface area contributed by atoms with E-state index in [1.807, 2.05) is 18.7 Å². The van der Waals surface area contributed by atoms with E-state index in [2.05, 4.69) is 39.1 Å². The van der Waals surface area contributed by atoms with Crippen LogP contribution in [-0.4, -0.2) is 60.3 Å². The summed E-state index contributed by atoms with van der Waals surface area (Å²) < 4.78 is 0. The van der Waals surface area contributed by atoms with Crippen LogP contribution in [0.1, 0.15) is 33.6 Å². The molecule has 0 unspecified atom stereocenters. The van der Waals surface area contributed by atoms with Crippen LogP contribution in [0.4, 0.5) is 11.6 Å². The molecule has 3 rings (SSSR count). The first-order valence-corrected chi connectivity index (χ1v) is 9.17. The molecule has 3 heterocycles. The van der Waals surface area contributed by atoms with Gasteiger partial charge >= 0.3 is 0 Å². The van der Waals surface area contributed by atoms with E-state index in [9.17, 15) is 4.79 Å². The molecule has 2 aliphatic heterocycles. The van der Waals surface area contributed by atoms with Crippen molar-refractivity contribution < 1.29 is 4.79 Å². The number of hydrogen-bond acceptors (Lipinski definition) is 5. The topological polar surface area (TPSA) is 52.6 Å². The van der Waals surface area contributed by atoms with Gasteiger partial charge in [-0.25, -0.2) is 0 Å². The highest BCUT2D eigenvalue weighted by molar-refractivity contribution is 5.78. The van der Waals surface area contributed by atoms with Crippen LogP contribution in [0.5, 0.6) is 0 Å². The average molecular weight is 331 g/mol. The molecular weight excluding hydrogens is 302 g/mol. The fraction of sp³-hybridized carbons (Fsp3) is 0.722. The fourth-order valence-electron chi connectivity index (χ4n) is 3.41. The van der Waals surface area contributed by atoms with Crippen LogP contribution in [0, 0.1) is 11.8 Å². The van der Waals surface area contributed by atoms with E-state index in [-0.39, 0.29) is 11.8 Å². The normalized spacial score (nSPS) is 19.9. The number of aromatic nitrogens is 2. The highest BCUT2D eigenvalue weighted by Gasteiger charge is 2.24. The maximum absolute atomic E-state index is 12.1. The van der Waals surface area contributed by atoms with Gasteiger partial charge in [-0.15, -0.1) is 10.2 Å². The third-order valence-corrected chi connectivity index (χ3v) is 5.15. The number of carbonyl (C=O) groups is 1. The predicted molar refractivity (Wildman–Crippen MR) is 96.3 cm³/mol. The van der Waals surface area contributed by atoms with Crippen molar-refractivity contribution in [1.29, 1.82) is 0 Å². The van der Waals surface area contributed by atoms with E-state index < -0.39 is 0 Å². The summed E-state index contributed by atoms with van der Waals surface area (Å²) in [6.45, 7) is 11.6. The van der Waals surface area contributed by atoms with E-state index in [0.29, 0.717) is 0 Å². The summed E-state index contributed by atoms with van der Waals surface area (Å²) in [5.74, 6) is 3.04. The number of carbonyl (C=O) groups excluding carboxylic acids is 1. The van der Waals surface area contributed by atoms with Crippen LogP contribution in [0.25, 0.3) is 0 Å². The summed E-state index contributed by atoms with van der Waals surface area (Å²) in [5.41, 5.74) is 0. The predicted octanol–water partition coefficient (Wildman–Crippen LogP) is 2.02. The number of amides is 1. The van der Waals surface area contributed by atoms with Gasteiger partial charge in [0.1, 0.15) is 0 Å². The minimum atomic E-state index is 0.0721. The standard InChI is InChI=1S/C18H29N5O/c1-14(2)18(24)23-12-10-22(11-13-23)17-5-4-16(19-20-17)21-8-6-15(3)7-9-21/h4-5,14-15H,6-13H2,1-3H3. The Kier molecular flexibility index (Phi) is 5.21. The lowest BCUT2D eigenvalue weighted by Gasteiger charge is -2.36. The first kappa shape index (κ1) is 17.0. The number of piperazine rings is 1. The molecule has 1 aromatic rings. The summed E-state index contributed by atoms with van der Waals surface area (Å²) in [7, 11) is 0. The summed E-state index contributed by atoms with van der Waals surface area (Å²) in [4.78, 5) is 18.6. The Hall–Kier alpha value is -1.85. The lowest BCUT2D eigenvalue weighted by molar-refractivity contribution is -0.134. The molecule has 24 heavy (non-hydrogen) atoms. The van der Waals surface area contributed by atoms with Gasteiger partial charge in [0.2, 0.25) is 5.91 Å². The second-order valence-corrected chi connectivity index (χ2v) is 7.39. The van der Waals surface area contributed by atoms with Crippen LogP contribution in [0.2, 0.25) is 0 Å². The van der Waals surface area contributed by atoms with Crippen LogP contribution < -0.4 is 9.80 Å². The zero-order chi connectivity index (χ0) is 17.1. The number of piperidine rings is 1. The van der Waals surface area contributed by atoms with E-state index in [0.717, 1.165) is 56.8 Å². The molecule has 0 bridgehead atoms. The molecule has 6 nitrogen and oxygen atoms in total. The largest absolute Gasteiger partial charge is 0.355 e. The molecule has 2 aliphatic rings. The zero-order valence-corrected chi connectivity index (χ0v) is 15.1. The SMILES string of the molecule is CC1CCN(c2ccc(N3CCN(C(=O)C(C)C)CC3)nn2)CC1. The Morgan fingerprint density at radius 2 is 1.46 bits per heavy atom. The van der Waals surface area contributed by atoms with Crippen LogP contribution >= 0.6 is 0 Å². The summed E-state index contributed by atoms with van der Waals surface area (Å²) >= 11 is 0. The zero-order valence-electron chi connectivity index (χ0n) is 15.1. The Bertz CT molecular complexity index is 543. The molecule has 0 aliphatic carbocycles.